The summed E-state index contributed by atoms with van der Waals surface area (Å²) in [4.78, 5) is 5.30. The Kier molecular flexibility index (Phi) is 6.32. The van der Waals surface area contributed by atoms with Crippen molar-refractivity contribution in [2.75, 3.05) is 9.71 Å². The van der Waals surface area contributed by atoms with Gasteiger partial charge in [0.15, 0.2) is 0 Å². The summed E-state index contributed by atoms with van der Waals surface area (Å²) < 4.78 is 6.66. The first kappa shape index (κ1) is 33.5. The van der Waals surface area contributed by atoms with E-state index in [0.717, 1.165) is 21.9 Å². The molecule has 3 nitrogen and oxygen atoms in total. The Hall–Kier alpha value is -7.30. The molecule has 10 aromatic rings. The van der Waals surface area contributed by atoms with Crippen LogP contribution < -0.4 is 20.6 Å². The third kappa shape index (κ3) is 4.10. The van der Waals surface area contributed by atoms with Crippen LogP contribution in [0.2, 0.25) is 0 Å². The average molecular weight is 779 g/mol. The predicted octanol–water partition coefficient (Wildman–Crippen LogP) is 13.4. The van der Waals surface area contributed by atoms with Gasteiger partial charge in [0.1, 0.15) is 11.2 Å². The fourth-order valence-corrected chi connectivity index (χ4v) is 11.9. The van der Waals surface area contributed by atoms with Gasteiger partial charge in [-0.1, -0.05) is 160 Å². The number of fused-ring (bicyclic) bond motifs is 18. The second kappa shape index (κ2) is 11.5. The maximum absolute atomic E-state index is 6.66. The highest BCUT2D eigenvalue weighted by atomic mass is 16.3. The van der Waals surface area contributed by atoms with E-state index in [9.17, 15) is 0 Å². The standard InChI is InChI=1S/C57H39BN2O/c1-56(2,3)35-27-29-36(30-28-35)60-50-32-42-40-19-8-13-26-51(40)61-52(42)33-41(50)43-31-34-15-4-5-16-37(34)54-53(43)58(60)48-24-14-23-47-55(48)59(54)49-25-12-11-22-46(49)57(47)44-20-9-6-17-38(44)39-18-7-10-21-45(39)57/h4-33H,1-3H3. The monoisotopic (exact) mass is 778 g/mol. The van der Waals surface area contributed by atoms with Gasteiger partial charge in [-0.3, -0.25) is 0 Å². The molecule has 1 aromatic heterocycles. The van der Waals surface area contributed by atoms with Crippen LogP contribution in [0.4, 0.5) is 28.4 Å². The van der Waals surface area contributed by atoms with Crippen LogP contribution in [0.25, 0.3) is 55.0 Å². The van der Waals surface area contributed by atoms with Crippen molar-refractivity contribution in [2.24, 2.45) is 0 Å². The molecule has 0 unspecified atom stereocenters. The predicted molar refractivity (Wildman–Crippen MR) is 255 cm³/mol. The van der Waals surface area contributed by atoms with Gasteiger partial charge < -0.3 is 14.1 Å². The normalized spacial score (nSPS) is 14.8. The van der Waals surface area contributed by atoms with E-state index < -0.39 is 5.41 Å². The van der Waals surface area contributed by atoms with Crippen LogP contribution in [0.5, 0.6) is 0 Å². The van der Waals surface area contributed by atoms with Crippen LogP contribution in [0.1, 0.15) is 48.6 Å². The molecule has 4 heteroatoms. The maximum Gasteiger partial charge on any atom is 0.333 e. The zero-order valence-electron chi connectivity index (χ0n) is 34.2. The van der Waals surface area contributed by atoms with Gasteiger partial charge in [-0.25, -0.2) is 0 Å². The lowest BCUT2D eigenvalue weighted by Crippen LogP contribution is -2.62. The fourth-order valence-electron chi connectivity index (χ4n) is 11.9. The van der Waals surface area contributed by atoms with Crippen LogP contribution in [-0.4, -0.2) is 6.85 Å². The van der Waals surface area contributed by atoms with E-state index in [-0.39, 0.29) is 12.3 Å². The summed E-state index contributed by atoms with van der Waals surface area (Å²) in [6.45, 7) is 6.77. The van der Waals surface area contributed by atoms with Gasteiger partial charge in [0.05, 0.1) is 16.8 Å². The maximum atomic E-state index is 6.66. The number of nitrogens with zero attached hydrogens (tertiary/aromatic N) is 2. The van der Waals surface area contributed by atoms with E-state index in [0.29, 0.717) is 0 Å². The third-order valence-corrected chi connectivity index (χ3v) is 14.4. The number of benzene rings is 9. The minimum Gasteiger partial charge on any atom is -0.456 e. The molecule has 0 atom stereocenters. The molecule has 0 N–H and O–H groups in total. The zero-order chi connectivity index (χ0) is 40.4. The van der Waals surface area contributed by atoms with Gasteiger partial charge in [0, 0.05) is 38.8 Å². The van der Waals surface area contributed by atoms with Gasteiger partial charge in [-0.15, -0.1) is 0 Å². The number of anilines is 5. The highest BCUT2D eigenvalue weighted by Gasteiger charge is 2.56. The molecule has 14 rings (SSSR count). The zero-order valence-corrected chi connectivity index (χ0v) is 34.2. The SMILES string of the molecule is CC(C)(C)c1ccc(N2B3c4cccc5c4N(c4ccccc4C54c5ccccc5-c5ccccc54)c4c3c(cc3ccccc43)-c3cc4oc5ccccc5c4cc32)cc1. The summed E-state index contributed by atoms with van der Waals surface area (Å²) >= 11 is 0. The summed E-state index contributed by atoms with van der Waals surface area (Å²) in [5.74, 6) is 0. The molecule has 1 spiro atoms. The van der Waals surface area contributed by atoms with Crippen molar-refractivity contribution in [3.05, 3.63) is 210 Å². The first-order chi connectivity index (χ1) is 29.9. The Morgan fingerprint density at radius 2 is 1.13 bits per heavy atom. The van der Waals surface area contributed by atoms with E-state index in [1.807, 2.05) is 0 Å². The van der Waals surface area contributed by atoms with Crippen molar-refractivity contribution in [3.8, 4) is 22.3 Å². The van der Waals surface area contributed by atoms with Crippen LogP contribution in [0.15, 0.2) is 186 Å². The third-order valence-electron chi connectivity index (χ3n) is 14.4. The van der Waals surface area contributed by atoms with Crippen LogP contribution >= 0.6 is 0 Å². The molecule has 0 fully saturated rings. The molecular formula is C57H39BN2O. The average Bonchev–Trinajstić information content (AvgIpc) is 3.81. The molecular weight excluding hydrogens is 739 g/mol. The largest absolute Gasteiger partial charge is 0.456 e. The molecule has 1 aliphatic carbocycles. The van der Waals surface area contributed by atoms with Crippen LogP contribution in [0.3, 0.4) is 0 Å². The van der Waals surface area contributed by atoms with Crippen molar-refractivity contribution in [1.29, 1.82) is 0 Å². The fraction of sp³-hybridized carbons (Fsp3) is 0.0877. The van der Waals surface area contributed by atoms with Gasteiger partial charge in [-0.05, 0) is 109 Å². The Labute approximate surface area is 355 Å². The van der Waals surface area contributed by atoms with Gasteiger partial charge in [0.25, 0.3) is 0 Å². The summed E-state index contributed by atoms with van der Waals surface area (Å²) in [6, 6.07) is 68.7. The molecule has 4 aliphatic rings. The minimum absolute atomic E-state index is 0.0261. The van der Waals surface area contributed by atoms with Crippen molar-refractivity contribution in [2.45, 2.75) is 31.6 Å². The van der Waals surface area contributed by atoms with E-state index in [4.69, 9.17) is 4.42 Å². The Balaban J connectivity index is 1.16. The lowest BCUT2D eigenvalue weighted by Gasteiger charge is -2.51. The van der Waals surface area contributed by atoms with Crippen molar-refractivity contribution in [3.63, 3.8) is 0 Å². The molecule has 0 bridgehead atoms. The van der Waals surface area contributed by atoms with Gasteiger partial charge >= 0.3 is 6.85 Å². The topological polar surface area (TPSA) is 19.6 Å². The number of furan rings is 1. The molecule has 61 heavy (non-hydrogen) atoms. The number of hydrogen-bond acceptors (Lipinski definition) is 3. The summed E-state index contributed by atoms with van der Waals surface area (Å²) in [5.41, 5.74) is 21.8. The highest BCUT2D eigenvalue weighted by molar-refractivity contribution is 6.94. The van der Waals surface area contributed by atoms with Crippen molar-refractivity contribution in [1.82, 2.24) is 0 Å². The number of para-hydroxylation sites is 3. The molecule has 0 saturated heterocycles. The van der Waals surface area contributed by atoms with E-state index >= 15 is 0 Å². The molecule has 9 aromatic carbocycles. The Morgan fingerprint density at radius 3 is 1.90 bits per heavy atom. The molecule has 0 radical (unpaired) electrons. The van der Waals surface area contributed by atoms with Gasteiger partial charge in [-0.2, -0.15) is 0 Å². The number of rotatable bonds is 1. The van der Waals surface area contributed by atoms with Crippen LogP contribution in [-0.2, 0) is 10.8 Å². The summed E-state index contributed by atoms with van der Waals surface area (Å²) in [7, 11) is 0. The lowest BCUT2D eigenvalue weighted by atomic mass is 9.42. The first-order valence-electron chi connectivity index (χ1n) is 21.5. The molecule has 286 valence electrons. The summed E-state index contributed by atoms with van der Waals surface area (Å²) in [6.07, 6.45) is 0. The second-order valence-electron chi connectivity index (χ2n) is 18.4. The molecule has 0 saturated carbocycles. The van der Waals surface area contributed by atoms with Crippen molar-refractivity contribution >= 4 is 78.9 Å². The second-order valence-corrected chi connectivity index (χ2v) is 18.4. The highest BCUT2D eigenvalue weighted by Crippen LogP contribution is 2.64. The van der Waals surface area contributed by atoms with Crippen molar-refractivity contribution < 1.29 is 4.42 Å². The lowest BCUT2D eigenvalue weighted by molar-refractivity contribution is 0.590. The molecule has 0 amide bonds. The van der Waals surface area contributed by atoms with E-state index in [1.54, 1.807) is 0 Å². The number of hydrogen-bond donors (Lipinski definition) is 0. The Bertz CT molecular complexity index is 3510. The minimum atomic E-state index is -0.510. The molecule has 3 aliphatic heterocycles. The summed E-state index contributed by atoms with van der Waals surface area (Å²) in [5, 5.41) is 4.75. The van der Waals surface area contributed by atoms with Gasteiger partial charge in [0.2, 0.25) is 0 Å². The smallest absolute Gasteiger partial charge is 0.333 e. The van der Waals surface area contributed by atoms with E-state index in [2.05, 4.69) is 212 Å². The Morgan fingerprint density at radius 1 is 0.475 bits per heavy atom. The quantitative estimate of drug-likeness (QED) is 0.155. The first-order valence-corrected chi connectivity index (χ1v) is 21.5. The molecule has 4 heterocycles. The van der Waals surface area contributed by atoms with Crippen LogP contribution in [0, 0.1) is 0 Å². The van der Waals surface area contributed by atoms with E-state index in [1.165, 1.54) is 100 Å².